The van der Waals surface area contributed by atoms with Gasteiger partial charge in [0.15, 0.2) is 11.5 Å². The fraction of sp³-hybridized carbons (Fsp3) is 0.571. The van der Waals surface area contributed by atoms with Crippen molar-refractivity contribution in [3.63, 3.8) is 0 Å². The van der Waals surface area contributed by atoms with Gasteiger partial charge >= 0.3 is 6.18 Å². The van der Waals surface area contributed by atoms with Crippen molar-refractivity contribution >= 4 is 11.6 Å². The average Bonchev–Trinajstić information content (AvgIpc) is 2.36. The van der Waals surface area contributed by atoms with Gasteiger partial charge in [0.25, 0.3) is 0 Å². The fourth-order valence-corrected chi connectivity index (χ4v) is 1.88. The Bertz CT molecular complexity index is 464. The summed E-state index contributed by atoms with van der Waals surface area (Å²) in [5.74, 6) is 0.615. The van der Waals surface area contributed by atoms with Gasteiger partial charge in [-0.05, 0) is 6.07 Å². The third-order valence-electron chi connectivity index (χ3n) is 2.65. The molecule has 0 amide bonds. The van der Waals surface area contributed by atoms with E-state index in [0.29, 0.717) is 28.6 Å². The Balaban J connectivity index is 2.91. The summed E-state index contributed by atoms with van der Waals surface area (Å²) >= 11 is 5.98. The van der Waals surface area contributed by atoms with Crippen molar-refractivity contribution in [2.24, 2.45) is 0 Å². The maximum atomic E-state index is 12.2. The maximum Gasteiger partial charge on any atom is 0.392 e. The van der Waals surface area contributed by atoms with Crippen LogP contribution in [0.15, 0.2) is 12.1 Å². The molecule has 21 heavy (non-hydrogen) atoms. The molecule has 0 aliphatic rings. The molecule has 0 aromatic heterocycles. The van der Waals surface area contributed by atoms with Crippen molar-refractivity contribution < 1.29 is 22.6 Å². The number of benzene rings is 1. The molecule has 0 unspecified atom stereocenters. The molecule has 0 heterocycles. The van der Waals surface area contributed by atoms with Crippen molar-refractivity contribution in [1.29, 1.82) is 0 Å². The van der Waals surface area contributed by atoms with Crippen LogP contribution in [-0.4, -0.2) is 25.9 Å². The van der Waals surface area contributed by atoms with E-state index in [-0.39, 0.29) is 6.04 Å². The number of nitrogens with one attached hydrogen (secondary N) is 1. The molecule has 0 radical (unpaired) electrons. The number of ether oxygens (including phenoxy) is 2. The second-order valence-electron chi connectivity index (χ2n) is 4.85. The Labute approximate surface area is 127 Å². The minimum absolute atomic E-state index is 0.220. The highest BCUT2D eigenvalue weighted by atomic mass is 35.5. The quantitative estimate of drug-likeness (QED) is 0.816. The molecule has 0 fully saturated rings. The molecule has 0 aliphatic carbocycles. The second kappa shape index (κ2) is 7.75. The highest BCUT2D eigenvalue weighted by molar-refractivity contribution is 6.30. The normalized spacial score (nSPS) is 11.8. The van der Waals surface area contributed by atoms with Gasteiger partial charge in [0.2, 0.25) is 0 Å². The molecule has 0 spiro atoms. The van der Waals surface area contributed by atoms with Crippen LogP contribution in [0.2, 0.25) is 5.02 Å². The molecule has 0 bridgehead atoms. The fourth-order valence-electron chi connectivity index (χ4n) is 1.65. The Kier molecular flexibility index (Phi) is 6.61. The maximum absolute atomic E-state index is 12.2. The van der Waals surface area contributed by atoms with Gasteiger partial charge in [0.1, 0.15) is 0 Å². The van der Waals surface area contributed by atoms with Crippen LogP contribution in [0, 0.1) is 0 Å². The lowest BCUT2D eigenvalue weighted by Crippen LogP contribution is -2.22. The zero-order valence-electron chi connectivity index (χ0n) is 12.2. The summed E-state index contributed by atoms with van der Waals surface area (Å²) < 4.78 is 47.1. The SMILES string of the molecule is COc1cc(Cl)cc(CNC(C)C)c1OCCC(F)(F)F. The minimum Gasteiger partial charge on any atom is -0.493 e. The van der Waals surface area contributed by atoms with Crippen molar-refractivity contribution in [1.82, 2.24) is 5.32 Å². The van der Waals surface area contributed by atoms with Crippen molar-refractivity contribution in [3.8, 4) is 11.5 Å². The van der Waals surface area contributed by atoms with E-state index in [1.807, 2.05) is 13.8 Å². The van der Waals surface area contributed by atoms with Crippen molar-refractivity contribution in [2.75, 3.05) is 13.7 Å². The summed E-state index contributed by atoms with van der Waals surface area (Å²) in [5.41, 5.74) is 0.662. The van der Waals surface area contributed by atoms with Gasteiger partial charge in [-0.25, -0.2) is 0 Å². The number of hydrogen-bond acceptors (Lipinski definition) is 3. The molecule has 0 atom stereocenters. The first-order valence-electron chi connectivity index (χ1n) is 6.52. The molecular formula is C14H19ClF3NO2. The molecule has 1 rings (SSSR count). The number of halogens is 4. The van der Waals surface area contributed by atoms with Gasteiger partial charge < -0.3 is 14.8 Å². The van der Waals surface area contributed by atoms with Crippen LogP contribution in [-0.2, 0) is 6.54 Å². The molecule has 1 N–H and O–H groups in total. The van der Waals surface area contributed by atoms with E-state index >= 15 is 0 Å². The monoisotopic (exact) mass is 325 g/mol. The van der Waals surface area contributed by atoms with Crippen LogP contribution in [0.25, 0.3) is 0 Å². The van der Waals surface area contributed by atoms with Crippen LogP contribution in [0.1, 0.15) is 25.8 Å². The lowest BCUT2D eigenvalue weighted by atomic mass is 10.1. The van der Waals surface area contributed by atoms with E-state index in [2.05, 4.69) is 5.32 Å². The average molecular weight is 326 g/mol. The molecule has 0 saturated carbocycles. The summed E-state index contributed by atoms with van der Waals surface area (Å²) in [6.07, 6.45) is -5.27. The first kappa shape index (κ1) is 17.9. The van der Waals surface area contributed by atoms with Gasteiger partial charge in [-0.15, -0.1) is 0 Å². The van der Waals surface area contributed by atoms with E-state index in [4.69, 9.17) is 21.1 Å². The number of alkyl halides is 3. The minimum atomic E-state index is -4.25. The Hall–Kier alpha value is -1.14. The summed E-state index contributed by atoms with van der Waals surface area (Å²) in [7, 11) is 1.42. The predicted octanol–water partition coefficient (Wildman–Crippen LogP) is 4.18. The second-order valence-corrected chi connectivity index (χ2v) is 5.28. The van der Waals surface area contributed by atoms with E-state index in [1.54, 1.807) is 6.07 Å². The smallest absolute Gasteiger partial charge is 0.392 e. The highest BCUT2D eigenvalue weighted by Crippen LogP contribution is 2.35. The number of methoxy groups -OCH3 is 1. The Morgan fingerprint density at radius 1 is 1.29 bits per heavy atom. The van der Waals surface area contributed by atoms with Crippen LogP contribution in [0.4, 0.5) is 13.2 Å². The number of hydrogen-bond donors (Lipinski definition) is 1. The van der Waals surface area contributed by atoms with E-state index in [9.17, 15) is 13.2 Å². The van der Waals surface area contributed by atoms with Crippen molar-refractivity contribution in [2.45, 2.75) is 39.0 Å². The van der Waals surface area contributed by atoms with Crippen LogP contribution >= 0.6 is 11.6 Å². The molecule has 7 heteroatoms. The standard InChI is InChI=1S/C14H19ClF3NO2/c1-9(2)19-8-10-6-11(15)7-12(20-3)13(10)21-5-4-14(16,17)18/h6-7,9,19H,4-5,8H2,1-3H3. The summed E-state index contributed by atoms with van der Waals surface area (Å²) in [4.78, 5) is 0. The molecule has 3 nitrogen and oxygen atoms in total. The lowest BCUT2D eigenvalue weighted by molar-refractivity contribution is -0.139. The van der Waals surface area contributed by atoms with Crippen molar-refractivity contribution in [3.05, 3.63) is 22.7 Å². The Morgan fingerprint density at radius 2 is 1.95 bits per heavy atom. The first-order valence-corrected chi connectivity index (χ1v) is 6.90. The van der Waals surface area contributed by atoms with Crippen LogP contribution < -0.4 is 14.8 Å². The summed E-state index contributed by atoms with van der Waals surface area (Å²) in [5, 5.41) is 3.61. The molecule has 1 aromatic rings. The molecule has 120 valence electrons. The molecule has 1 aromatic carbocycles. The van der Waals surface area contributed by atoms with Gasteiger partial charge in [0, 0.05) is 29.2 Å². The molecule has 0 saturated heterocycles. The van der Waals surface area contributed by atoms with Gasteiger partial charge in [-0.3, -0.25) is 0 Å². The third-order valence-corrected chi connectivity index (χ3v) is 2.87. The zero-order chi connectivity index (χ0) is 16.0. The topological polar surface area (TPSA) is 30.5 Å². The van der Waals surface area contributed by atoms with E-state index in [1.165, 1.54) is 13.2 Å². The molecular weight excluding hydrogens is 307 g/mol. The summed E-state index contributed by atoms with van der Waals surface area (Å²) in [6.45, 7) is 3.89. The Morgan fingerprint density at radius 3 is 2.48 bits per heavy atom. The number of rotatable bonds is 7. The van der Waals surface area contributed by atoms with E-state index < -0.39 is 19.2 Å². The lowest BCUT2D eigenvalue weighted by Gasteiger charge is -2.17. The molecule has 0 aliphatic heterocycles. The largest absolute Gasteiger partial charge is 0.493 e. The highest BCUT2D eigenvalue weighted by Gasteiger charge is 2.27. The summed E-state index contributed by atoms with van der Waals surface area (Å²) in [6, 6.07) is 3.39. The van der Waals surface area contributed by atoms with Gasteiger partial charge in [0.05, 0.1) is 20.1 Å². The van der Waals surface area contributed by atoms with Crippen LogP contribution in [0.3, 0.4) is 0 Å². The predicted molar refractivity (Wildman–Crippen MR) is 76.1 cm³/mol. The zero-order valence-corrected chi connectivity index (χ0v) is 12.9. The third kappa shape index (κ3) is 6.44. The van der Waals surface area contributed by atoms with Crippen LogP contribution in [0.5, 0.6) is 11.5 Å². The van der Waals surface area contributed by atoms with E-state index in [0.717, 1.165) is 0 Å². The van der Waals surface area contributed by atoms with Gasteiger partial charge in [-0.1, -0.05) is 25.4 Å². The van der Waals surface area contributed by atoms with Gasteiger partial charge in [-0.2, -0.15) is 13.2 Å². The first-order chi connectivity index (χ1) is 9.73.